The molecule has 2 rings (SSSR count). The Balaban J connectivity index is 1.93. The van der Waals surface area contributed by atoms with Crippen molar-refractivity contribution in [2.45, 2.75) is 37.4 Å². The molecule has 0 spiro atoms. The summed E-state index contributed by atoms with van der Waals surface area (Å²) in [4.78, 5) is 25.0. The van der Waals surface area contributed by atoms with Gasteiger partial charge in [0.25, 0.3) is 5.92 Å². The van der Waals surface area contributed by atoms with Crippen molar-refractivity contribution < 1.29 is 23.5 Å². The molecular weight excluding hydrogens is 412 g/mol. The Labute approximate surface area is 159 Å². The van der Waals surface area contributed by atoms with Crippen molar-refractivity contribution in [3.8, 4) is 0 Å². The first kappa shape index (κ1) is 20.6. The fourth-order valence-corrected chi connectivity index (χ4v) is 3.23. The Hall–Kier alpha value is -1.74. The lowest BCUT2D eigenvalue weighted by Crippen LogP contribution is -2.50. The zero-order chi connectivity index (χ0) is 19.2. The Kier molecular flexibility index (Phi) is 7.33. The van der Waals surface area contributed by atoms with Crippen LogP contribution in [0.4, 0.5) is 13.6 Å². The number of likely N-dealkylation sites (tertiary alicyclic amines) is 1. The molecule has 1 fully saturated rings. The molecule has 0 aliphatic carbocycles. The van der Waals surface area contributed by atoms with Crippen LogP contribution in [0.1, 0.15) is 18.4 Å². The number of halogens is 3. The first-order valence-electron chi connectivity index (χ1n) is 8.28. The van der Waals surface area contributed by atoms with Gasteiger partial charge in [0.2, 0.25) is 5.91 Å². The van der Waals surface area contributed by atoms with Crippen molar-refractivity contribution >= 4 is 27.9 Å². The fourth-order valence-electron chi connectivity index (χ4n) is 2.95. The van der Waals surface area contributed by atoms with Gasteiger partial charge in [-0.1, -0.05) is 46.3 Å². The smallest absolute Gasteiger partial charge is 0.404 e. The van der Waals surface area contributed by atoms with Crippen LogP contribution in [0.15, 0.2) is 30.3 Å². The van der Waals surface area contributed by atoms with E-state index in [1.54, 1.807) is 0 Å². The Morgan fingerprint density at radius 3 is 2.38 bits per heavy atom. The lowest BCUT2D eigenvalue weighted by Gasteiger charge is -2.20. The van der Waals surface area contributed by atoms with Crippen LogP contribution >= 0.6 is 15.9 Å². The summed E-state index contributed by atoms with van der Waals surface area (Å²) in [5, 5.41) is 13.6. The Morgan fingerprint density at radius 2 is 1.81 bits per heavy atom. The minimum atomic E-state index is -2.94. The number of nitrogens with zero attached hydrogens (tertiary/aromatic N) is 1. The summed E-state index contributed by atoms with van der Waals surface area (Å²) in [6, 6.07) is 8.73. The van der Waals surface area contributed by atoms with Crippen LogP contribution in [0.5, 0.6) is 0 Å². The molecule has 0 aromatic heterocycles. The summed E-state index contributed by atoms with van der Waals surface area (Å²) in [6.45, 7) is 1.50. The lowest BCUT2D eigenvalue weighted by atomic mass is 10.1. The molecule has 0 bridgehead atoms. The van der Waals surface area contributed by atoms with Gasteiger partial charge in [0, 0.05) is 32.5 Å². The monoisotopic (exact) mass is 433 g/mol. The zero-order valence-electron chi connectivity index (χ0n) is 14.1. The highest BCUT2D eigenvalue weighted by molar-refractivity contribution is 9.09. The summed E-state index contributed by atoms with van der Waals surface area (Å²) in [6.07, 6.45) is -2.04. The number of carbonyl (C=O) groups excluding carboxylic acids is 1. The number of carbonyl (C=O) groups is 2. The van der Waals surface area contributed by atoms with Crippen molar-refractivity contribution in [3.63, 3.8) is 0 Å². The average Bonchev–Trinajstić information content (AvgIpc) is 2.94. The van der Waals surface area contributed by atoms with E-state index >= 15 is 0 Å². The largest absolute Gasteiger partial charge is 0.465 e. The first-order valence-corrected chi connectivity index (χ1v) is 9.40. The zero-order valence-corrected chi connectivity index (χ0v) is 15.7. The van der Waals surface area contributed by atoms with E-state index in [0.29, 0.717) is 19.6 Å². The Morgan fingerprint density at radius 1 is 1.19 bits per heavy atom. The van der Waals surface area contributed by atoms with Gasteiger partial charge in [-0.2, -0.15) is 0 Å². The number of amides is 2. The van der Waals surface area contributed by atoms with Crippen LogP contribution in [-0.2, 0) is 11.3 Å². The van der Waals surface area contributed by atoms with Gasteiger partial charge in [0.05, 0.1) is 17.4 Å². The van der Waals surface area contributed by atoms with Crippen LogP contribution in [0.25, 0.3) is 0 Å². The van der Waals surface area contributed by atoms with Crippen molar-refractivity contribution in [2.75, 3.05) is 18.4 Å². The second-order valence-electron chi connectivity index (χ2n) is 6.40. The number of benzene rings is 1. The molecule has 0 saturated carbocycles. The van der Waals surface area contributed by atoms with Crippen LogP contribution in [-0.4, -0.2) is 58.4 Å². The van der Waals surface area contributed by atoms with Crippen LogP contribution in [0.2, 0.25) is 0 Å². The molecule has 3 N–H and O–H groups in total. The van der Waals surface area contributed by atoms with E-state index < -0.39 is 41.8 Å². The molecule has 0 unspecified atom stereocenters. The summed E-state index contributed by atoms with van der Waals surface area (Å²) in [7, 11) is 0. The van der Waals surface area contributed by atoms with Gasteiger partial charge in [-0.3, -0.25) is 9.69 Å². The molecule has 26 heavy (non-hydrogen) atoms. The number of hydrogen-bond donors (Lipinski definition) is 3. The van der Waals surface area contributed by atoms with Gasteiger partial charge in [0.1, 0.15) is 0 Å². The fraction of sp³-hybridized carbons (Fsp3) is 0.529. The topological polar surface area (TPSA) is 81.7 Å². The molecule has 1 aromatic rings. The van der Waals surface area contributed by atoms with Crippen LogP contribution in [0, 0.1) is 0 Å². The van der Waals surface area contributed by atoms with Crippen molar-refractivity contribution in [2.24, 2.45) is 0 Å². The third kappa shape index (κ3) is 6.53. The van der Waals surface area contributed by atoms with E-state index in [4.69, 9.17) is 5.11 Å². The maximum Gasteiger partial charge on any atom is 0.404 e. The molecule has 1 aliphatic rings. The summed E-state index contributed by atoms with van der Waals surface area (Å²) >= 11 is 2.72. The molecule has 2 amide bonds. The molecule has 144 valence electrons. The van der Waals surface area contributed by atoms with Gasteiger partial charge < -0.3 is 15.7 Å². The maximum absolute atomic E-state index is 13.3. The Bertz CT molecular complexity index is 619. The van der Waals surface area contributed by atoms with E-state index in [9.17, 15) is 18.4 Å². The lowest BCUT2D eigenvalue weighted by molar-refractivity contribution is -0.123. The average molecular weight is 434 g/mol. The second-order valence-corrected chi connectivity index (χ2v) is 6.96. The maximum atomic E-state index is 13.3. The number of hydrogen-bond acceptors (Lipinski definition) is 3. The van der Waals surface area contributed by atoms with E-state index in [-0.39, 0.29) is 6.42 Å². The van der Waals surface area contributed by atoms with Crippen molar-refractivity contribution in [1.29, 1.82) is 0 Å². The van der Waals surface area contributed by atoms with Gasteiger partial charge in [-0.25, -0.2) is 13.6 Å². The number of alkyl halides is 3. The van der Waals surface area contributed by atoms with E-state index in [1.165, 1.54) is 0 Å². The van der Waals surface area contributed by atoms with Gasteiger partial charge >= 0.3 is 6.09 Å². The van der Waals surface area contributed by atoms with Gasteiger partial charge in [-0.15, -0.1) is 0 Å². The highest BCUT2D eigenvalue weighted by Gasteiger charge is 2.35. The minimum absolute atomic E-state index is 0.312. The molecule has 2 atom stereocenters. The van der Waals surface area contributed by atoms with Gasteiger partial charge in [0.15, 0.2) is 0 Å². The molecule has 1 heterocycles. The minimum Gasteiger partial charge on any atom is -0.465 e. The van der Waals surface area contributed by atoms with E-state index in [1.807, 2.05) is 35.2 Å². The van der Waals surface area contributed by atoms with Crippen LogP contribution in [0.3, 0.4) is 0 Å². The molecule has 1 aliphatic heterocycles. The molecule has 9 heteroatoms. The quantitative estimate of drug-likeness (QED) is 0.549. The SMILES string of the molecule is O=C(O)N[C@H]1CN(Cc2ccccc2)C[C@@H]1NC(=O)CCC(F)(F)CBr. The van der Waals surface area contributed by atoms with E-state index in [2.05, 4.69) is 26.6 Å². The number of rotatable bonds is 8. The van der Waals surface area contributed by atoms with E-state index in [0.717, 1.165) is 5.56 Å². The molecule has 6 nitrogen and oxygen atoms in total. The van der Waals surface area contributed by atoms with Crippen molar-refractivity contribution in [3.05, 3.63) is 35.9 Å². The summed E-state index contributed by atoms with van der Waals surface area (Å²) < 4.78 is 26.5. The summed E-state index contributed by atoms with van der Waals surface area (Å²) in [5.74, 6) is -3.44. The second kappa shape index (κ2) is 9.27. The number of carboxylic acid groups (broad SMARTS) is 1. The van der Waals surface area contributed by atoms with Gasteiger partial charge in [-0.05, 0) is 5.56 Å². The normalized spacial score (nSPS) is 20.7. The van der Waals surface area contributed by atoms with Crippen LogP contribution < -0.4 is 10.6 Å². The predicted molar refractivity (Wildman–Crippen MR) is 96.6 cm³/mol. The predicted octanol–water partition coefficient (Wildman–Crippen LogP) is 2.43. The number of nitrogens with one attached hydrogen (secondary N) is 2. The molecular formula is C17H22BrF2N3O3. The third-order valence-electron chi connectivity index (χ3n) is 4.21. The third-order valence-corrected chi connectivity index (χ3v) is 5.03. The van der Waals surface area contributed by atoms with Crippen molar-refractivity contribution in [1.82, 2.24) is 15.5 Å². The first-order chi connectivity index (χ1) is 12.3. The highest BCUT2D eigenvalue weighted by atomic mass is 79.9. The molecule has 1 saturated heterocycles. The summed E-state index contributed by atoms with van der Waals surface area (Å²) in [5.41, 5.74) is 1.07. The standard InChI is InChI=1S/C17H22BrF2N3O3/c18-11-17(19,20)7-6-15(24)21-13-9-23(10-14(13)22-16(25)26)8-12-4-2-1-3-5-12/h1-5,13-14,22H,6-11H2,(H,21,24)(H,25,26)/t13-,14-/m0/s1. The highest BCUT2D eigenvalue weighted by Crippen LogP contribution is 2.22. The molecule has 1 aromatic carbocycles. The molecule has 0 radical (unpaired) electrons.